The number of rotatable bonds is 7. The number of hydrogen-bond donors (Lipinski definition) is 1. The summed E-state index contributed by atoms with van der Waals surface area (Å²) in [5.41, 5.74) is 2.23. The summed E-state index contributed by atoms with van der Waals surface area (Å²) >= 11 is 0. The van der Waals surface area contributed by atoms with E-state index in [-0.39, 0.29) is 29.9 Å². The molecule has 0 aliphatic carbocycles. The van der Waals surface area contributed by atoms with Crippen LogP contribution < -0.4 is 10.1 Å². The molecule has 0 fully saturated rings. The second-order valence-electron chi connectivity index (χ2n) is 7.27. The summed E-state index contributed by atoms with van der Waals surface area (Å²) in [4.78, 5) is 30.9. The molecule has 1 atom stereocenters. The smallest absolute Gasteiger partial charge is 0.278 e. The molecule has 0 spiro atoms. The van der Waals surface area contributed by atoms with Crippen LogP contribution in [-0.2, 0) is 6.54 Å². The van der Waals surface area contributed by atoms with Gasteiger partial charge < -0.3 is 15.0 Å². The Morgan fingerprint density at radius 2 is 2.13 bits per heavy atom. The number of amides is 2. The minimum Gasteiger partial charge on any atom is -0.470 e. The summed E-state index contributed by atoms with van der Waals surface area (Å²) < 4.78 is 31.1. The third-order valence-electron chi connectivity index (χ3n) is 4.74. The lowest BCUT2D eigenvalue weighted by atomic mass is 10.1. The molecule has 1 aliphatic rings. The Bertz CT molecular complexity index is 977. The molecule has 10 heteroatoms. The van der Waals surface area contributed by atoms with Crippen molar-refractivity contribution in [2.75, 3.05) is 13.2 Å². The predicted molar refractivity (Wildman–Crippen MR) is 103 cm³/mol. The number of nitrogens with one attached hydrogen (secondary N) is 1. The van der Waals surface area contributed by atoms with Gasteiger partial charge in [0.2, 0.25) is 5.88 Å². The number of aromatic nitrogens is 3. The van der Waals surface area contributed by atoms with E-state index in [2.05, 4.69) is 20.5 Å². The van der Waals surface area contributed by atoms with Crippen molar-refractivity contribution < 1.29 is 23.1 Å². The molecule has 2 aromatic heterocycles. The molecule has 0 aromatic carbocycles. The molecule has 2 amide bonds. The van der Waals surface area contributed by atoms with Crippen LogP contribution in [0.1, 0.15) is 64.5 Å². The van der Waals surface area contributed by atoms with Crippen LogP contribution in [0.15, 0.2) is 18.3 Å². The third-order valence-corrected chi connectivity index (χ3v) is 4.74. The van der Waals surface area contributed by atoms with Gasteiger partial charge in [0.25, 0.3) is 17.7 Å². The number of ether oxygens (including phenoxy) is 1. The number of aryl methyl sites for hydroxylation is 1. The highest BCUT2D eigenvalue weighted by Gasteiger charge is 2.35. The topological polar surface area (TPSA) is 97.3 Å². The quantitative estimate of drug-likeness (QED) is 0.741. The first-order valence-corrected chi connectivity index (χ1v) is 9.54. The molecular formula is C20H23F2N5O3. The average Bonchev–Trinajstić information content (AvgIpc) is 3.02. The number of alkyl halides is 2. The van der Waals surface area contributed by atoms with E-state index in [4.69, 9.17) is 4.74 Å². The fraction of sp³-hybridized carbons (Fsp3) is 0.450. The summed E-state index contributed by atoms with van der Waals surface area (Å²) in [6.07, 6.45) is 1.44. The van der Waals surface area contributed by atoms with Gasteiger partial charge in [-0.2, -0.15) is 0 Å². The lowest BCUT2D eigenvalue weighted by Crippen LogP contribution is -2.28. The normalized spacial score (nSPS) is 14.5. The van der Waals surface area contributed by atoms with Crippen LogP contribution in [0.4, 0.5) is 8.78 Å². The van der Waals surface area contributed by atoms with Crippen molar-refractivity contribution in [3.8, 4) is 5.88 Å². The SMILES string of the molecule is CCNC(=O)c1nccc2c1CN(C(C)c1cc(C)c(OCC(C)(F)F)nn1)C2=O. The Morgan fingerprint density at radius 3 is 2.77 bits per heavy atom. The van der Waals surface area contributed by atoms with Gasteiger partial charge in [0, 0.05) is 42.9 Å². The maximum atomic E-state index is 13.0. The number of fused-ring (bicyclic) bond motifs is 1. The number of nitrogens with zero attached hydrogens (tertiary/aromatic N) is 4. The van der Waals surface area contributed by atoms with Crippen molar-refractivity contribution in [2.24, 2.45) is 0 Å². The van der Waals surface area contributed by atoms with Gasteiger partial charge in [0.15, 0.2) is 6.61 Å². The van der Waals surface area contributed by atoms with E-state index < -0.39 is 18.6 Å². The van der Waals surface area contributed by atoms with Gasteiger partial charge >= 0.3 is 0 Å². The van der Waals surface area contributed by atoms with Crippen LogP contribution in [0.25, 0.3) is 0 Å². The Kier molecular flexibility index (Phi) is 5.95. The molecule has 3 rings (SSSR count). The average molecular weight is 419 g/mol. The zero-order valence-electron chi connectivity index (χ0n) is 17.2. The zero-order chi connectivity index (χ0) is 22.1. The van der Waals surface area contributed by atoms with Gasteiger partial charge in [-0.3, -0.25) is 14.6 Å². The Balaban J connectivity index is 1.81. The molecular weight excluding hydrogens is 396 g/mol. The molecule has 0 saturated carbocycles. The fourth-order valence-electron chi connectivity index (χ4n) is 3.20. The van der Waals surface area contributed by atoms with Crippen LogP contribution in [0.5, 0.6) is 5.88 Å². The minimum atomic E-state index is -2.98. The first-order valence-electron chi connectivity index (χ1n) is 9.54. The molecule has 1 N–H and O–H groups in total. The molecule has 1 aliphatic heterocycles. The first kappa shape index (κ1) is 21.5. The highest BCUT2D eigenvalue weighted by Crippen LogP contribution is 2.32. The van der Waals surface area contributed by atoms with Gasteiger partial charge in [0.1, 0.15) is 5.69 Å². The van der Waals surface area contributed by atoms with E-state index in [1.165, 1.54) is 6.20 Å². The molecule has 30 heavy (non-hydrogen) atoms. The van der Waals surface area contributed by atoms with Crippen molar-refractivity contribution in [2.45, 2.75) is 46.2 Å². The van der Waals surface area contributed by atoms with Gasteiger partial charge in [-0.15, -0.1) is 10.2 Å². The maximum absolute atomic E-state index is 13.0. The molecule has 0 bridgehead atoms. The van der Waals surface area contributed by atoms with Crippen LogP contribution in [0.3, 0.4) is 0 Å². The Morgan fingerprint density at radius 1 is 1.40 bits per heavy atom. The van der Waals surface area contributed by atoms with Crippen molar-refractivity contribution in [3.63, 3.8) is 0 Å². The molecule has 8 nitrogen and oxygen atoms in total. The maximum Gasteiger partial charge on any atom is 0.278 e. The van der Waals surface area contributed by atoms with E-state index >= 15 is 0 Å². The van der Waals surface area contributed by atoms with Crippen LogP contribution in [0.2, 0.25) is 0 Å². The summed E-state index contributed by atoms with van der Waals surface area (Å²) in [6, 6.07) is 2.78. The lowest BCUT2D eigenvalue weighted by Gasteiger charge is -2.24. The largest absolute Gasteiger partial charge is 0.470 e. The lowest BCUT2D eigenvalue weighted by molar-refractivity contribution is -0.0247. The highest BCUT2D eigenvalue weighted by molar-refractivity contribution is 6.03. The van der Waals surface area contributed by atoms with E-state index in [0.717, 1.165) is 6.92 Å². The summed E-state index contributed by atoms with van der Waals surface area (Å²) in [6.45, 7) is 5.87. The molecule has 0 saturated heterocycles. The van der Waals surface area contributed by atoms with Crippen molar-refractivity contribution in [3.05, 3.63) is 46.4 Å². The van der Waals surface area contributed by atoms with E-state index in [1.807, 2.05) is 0 Å². The van der Waals surface area contributed by atoms with Crippen LogP contribution >= 0.6 is 0 Å². The minimum absolute atomic E-state index is 0.0197. The Labute approximate surface area is 172 Å². The summed E-state index contributed by atoms with van der Waals surface area (Å²) in [5, 5.41) is 10.7. The number of hydrogen-bond acceptors (Lipinski definition) is 6. The van der Waals surface area contributed by atoms with Gasteiger partial charge in [-0.25, -0.2) is 8.78 Å². The summed E-state index contributed by atoms with van der Waals surface area (Å²) in [7, 11) is 0. The zero-order valence-corrected chi connectivity index (χ0v) is 17.2. The monoisotopic (exact) mass is 419 g/mol. The fourth-order valence-corrected chi connectivity index (χ4v) is 3.20. The van der Waals surface area contributed by atoms with Gasteiger partial charge in [-0.1, -0.05) is 0 Å². The number of halogens is 2. The first-order chi connectivity index (χ1) is 14.1. The van der Waals surface area contributed by atoms with Crippen molar-refractivity contribution in [1.29, 1.82) is 0 Å². The van der Waals surface area contributed by atoms with E-state index in [1.54, 1.807) is 37.8 Å². The van der Waals surface area contributed by atoms with Gasteiger partial charge in [0.05, 0.1) is 11.7 Å². The number of carbonyl (C=O) groups excluding carboxylic acids is 2. The second kappa shape index (κ2) is 8.29. The summed E-state index contributed by atoms with van der Waals surface area (Å²) in [5.74, 6) is -3.53. The van der Waals surface area contributed by atoms with Crippen molar-refractivity contribution in [1.82, 2.24) is 25.4 Å². The standard InChI is InChI=1S/C20H23F2N5O3/c1-5-23-17(28)16-14-9-27(19(29)13(14)6-7-24-16)12(3)15-8-11(2)18(26-25-15)30-10-20(4,21)22/h6-8,12H,5,9-10H2,1-4H3,(H,23,28). The molecule has 1 unspecified atom stereocenters. The van der Waals surface area contributed by atoms with Crippen LogP contribution in [-0.4, -0.2) is 51.0 Å². The number of pyridine rings is 1. The third kappa shape index (κ3) is 4.37. The molecule has 0 radical (unpaired) electrons. The van der Waals surface area contributed by atoms with Gasteiger partial charge in [-0.05, 0) is 32.9 Å². The van der Waals surface area contributed by atoms with Crippen molar-refractivity contribution >= 4 is 11.8 Å². The highest BCUT2D eigenvalue weighted by atomic mass is 19.3. The molecule has 2 aromatic rings. The Hall–Kier alpha value is -3.17. The van der Waals surface area contributed by atoms with E-state index in [0.29, 0.717) is 28.9 Å². The number of carbonyl (C=O) groups is 2. The second-order valence-corrected chi connectivity index (χ2v) is 7.27. The van der Waals surface area contributed by atoms with E-state index in [9.17, 15) is 18.4 Å². The predicted octanol–water partition coefficient (Wildman–Crippen LogP) is 2.68. The van der Waals surface area contributed by atoms with Crippen LogP contribution in [0, 0.1) is 6.92 Å². The molecule has 160 valence electrons. The molecule has 3 heterocycles.